The van der Waals surface area contributed by atoms with Gasteiger partial charge in [-0.05, 0) is 37.9 Å². The molecule has 3 aromatic heterocycles. The summed E-state index contributed by atoms with van der Waals surface area (Å²) in [6.07, 6.45) is 9.00. The van der Waals surface area contributed by atoms with E-state index in [2.05, 4.69) is 25.4 Å². The van der Waals surface area contributed by atoms with Crippen LogP contribution in [0.4, 0.5) is 0 Å². The minimum absolute atomic E-state index is 0.0758. The second-order valence-electron chi connectivity index (χ2n) is 5.94. The Bertz CT molecular complexity index is 843. The minimum atomic E-state index is -0.127. The van der Waals surface area contributed by atoms with E-state index >= 15 is 0 Å². The number of fused-ring (bicyclic) bond motifs is 1. The first kappa shape index (κ1) is 14.8. The highest BCUT2D eigenvalue weighted by Crippen LogP contribution is 2.25. The maximum absolute atomic E-state index is 9.96. The van der Waals surface area contributed by atoms with Crippen LogP contribution in [0.3, 0.4) is 0 Å². The van der Waals surface area contributed by atoms with E-state index in [1.807, 2.05) is 10.9 Å². The summed E-state index contributed by atoms with van der Waals surface area (Å²) < 4.78 is 7.50. The SMILES string of the molecule is Oc1nc(Oc2cnn(CC3CCCNC3)c2)nc2cnccc12. The number of nitrogens with zero attached hydrogens (tertiary/aromatic N) is 5. The van der Waals surface area contributed by atoms with Gasteiger partial charge in [0.1, 0.15) is 0 Å². The second-order valence-corrected chi connectivity index (χ2v) is 5.94. The van der Waals surface area contributed by atoms with E-state index in [9.17, 15) is 5.11 Å². The van der Waals surface area contributed by atoms with Crippen molar-refractivity contribution in [2.75, 3.05) is 13.1 Å². The van der Waals surface area contributed by atoms with Crippen LogP contribution in [-0.2, 0) is 6.54 Å². The summed E-state index contributed by atoms with van der Waals surface area (Å²) in [6, 6.07) is 1.73. The number of hydrogen-bond acceptors (Lipinski definition) is 7. The number of nitrogens with one attached hydrogen (secondary N) is 1. The third-order valence-corrected chi connectivity index (χ3v) is 4.12. The Morgan fingerprint density at radius 1 is 1.33 bits per heavy atom. The van der Waals surface area contributed by atoms with Crippen molar-refractivity contribution >= 4 is 10.9 Å². The van der Waals surface area contributed by atoms with Crippen molar-refractivity contribution in [3.05, 3.63) is 30.9 Å². The molecule has 8 nitrogen and oxygen atoms in total. The molecule has 2 N–H and O–H groups in total. The lowest BCUT2D eigenvalue weighted by atomic mass is 10.00. The van der Waals surface area contributed by atoms with Crippen molar-refractivity contribution < 1.29 is 9.84 Å². The molecule has 4 rings (SSSR count). The summed E-state index contributed by atoms with van der Waals surface area (Å²) in [5, 5.41) is 18.2. The Hall–Kier alpha value is -2.74. The quantitative estimate of drug-likeness (QED) is 0.753. The average Bonchev–Trinajstić information content (AvgIpc) is 3.03. The predicted octanol–water partition coefficient (Wildman–Crippen LogP) is 1.72. The normalized spacial score (nSPS) is 17.9. The van der Waals surface area contributed by atoms with E-state index in [1.54, 1.807) is 24.7 Å². The molecule has 1 saturated heterocycles. The zero-order chi connectivity index (χ0) is 16.4. The van der Waals surface area contributed by atoms with Crippen LogP contribution in [0.15, 0.2) is 30.9 Å². The molecule has 0 bridgehead atoms. The Morgan fingerprint density at radius 2 is 2.29 bits per heavy atom. The van der Waals surface area contributed by atoms with Gasteiger partial charge in [0, 0.05) is 12.7 Å². The fourth-order valence-corrected chi connectivity index (χ4v) is 2.94. The van der Waals surface area contributed by atoms with Crippen LogP contribution < -0.4 is 10.1 Å². The molecule has 0 radical (unpaired) electrons. The third kappa shape index (κ3) is 3.13. The smallest absolute Gasteiger partial charge is 0.326 e. The summed E-state index contributed by atoms with van der Waals surface area (Å²) in [4.78, 5) is 12.2. The molecule has 0 aliphatic carbocycles. The molecule has 1 fully saturated rings. The average molecular weight is 326 g/mol. The Morgan fingerprint density at radius 3 is 3.17 bits per heavy atom. The zero-order valence-corrected chi connectivity index (χ0v) is 13.1. The molecule has 1 unspecified atom stereocenters. The van der Waals surface area contributed by atoms with Gasteiger partial charge in [-0.3, -0.25) is 9.67 Å². The van der Waals surface area contributed by atoms with Crippen LogP contribution >= 0.6 is 0 Å². The number of hydrogen-bond donors (Lipinski definition) is 2. The van der Waals surface area contributed by atoms with Gasteiger partial charge in [-0.15, -0.1) is 0 Å². The number of aromatic hydroxyl groups is 1. The molecule has 1 aliphatic heterocycles. The molecule has 0 saturated carbocycles. The number of pyridine rings is 1. The van der Waals surface area contributed by atoms with Gasteiger partial charge >= 0.3 is 6.01 Å². The van der Waals surface area contributed by atoms with Gasteiger partial charge in [0.05, 0.1) is 29.5 Å². The van der Waals surface area contributed by atoms with E-state index < -0.39 is 0 Å². The first-order valence-corrected chi connectivity index (χ1v) is 8.00. The van der Waals surface area contributed by atoms with E-state index in [4.69, 9.17) is 4.74 Å². The number of piperidine rings is 1. The van der Waals surface area contributed by atoms with Crippen molar-refractivity contribution in [2.45, 2.75) is 19.4 Å². The first-order valence-electron chi connectivity index (χ1n) is 8.00. The highest BCUT2D eigenvalue weighted by molar-refractivity contribution is 5.82. The number of aromatic nitrogens is 5. The molecular formula is C16H18N6O2. The van der Waals surface area contributed by atoms with Gasteiger partial charge in [0.25, 0.3) is 0 Å². The predicted molar refractivity (Wildman–Crippen MR) is 86.9 cm³/mol. The zero-order valence-electron chi connectivity index (χ0n) is 13.1. The van der Waals surface area contributed by atoms with Gasteiger partial charge < -0.3 is 15.2 Å². The fourth-order valence-electron chi connectivity index (χ4n) is 2.94. The van der Waals surface area contributed by atoms with Gasteiger partial charge in [0.2, 0.25) is 5.88 Å². The Labute approximate surface area is 138 Å². The van der Waals surface area contributed by atoms with E-state index in [0.717, 1.165) is 19.6 Å². The summed E-state index contributed by atoms with van der Waals surface area (Å²) in [5.41, 5.74) is 0.528. The van der Waals surface area contributed by atoms with Crippen LogP contribution in [0.2, 0.25) is 0 Å². The van der Waals surface area contributed by atoms with Crippen molar-refractivity contribution in [3.8, 4) is 17.6 Å². The summed E-state index contributed by atoms with van der Waals surface area (Å²) in [5.74, 6) is 0.998. The molecule has 1 aliphatic rings. The Kier molecular flexibility index (Phi) is 3.96. The Balaban J connectivity index is 1.49. The molecule has 24 heavy (non-hydrogen) atoms. The lowest BCUT2D eigenvalue weighted by Gasteiger charge is -2.22. The molecule has 0 aromatic carbocycles. The second kappa shape index (κ2) is 6.40. The minimum Gasteiger partial charge on any atom is -0.493 e. The van der Waals surface area contributed by atoms with E-state index in [0.29, 0.717) is 22.6 Å². The van der Waals surface area contributed by atoms with Gasteiger partial charge in [-0.2, -0.15) is 15.1 Å². The fraction of sp³-hybridized carbons (Fsp3) is 0.375. The van der Waals surface area contributed by atoms with Gasteiger partial charge in [0.15, 0.2) is 5.75 Å². The molecule has 4 heterocycles. The molecular weight excluding hydrogens is 308 g/mol. The standard InChI is InChI=1S/C16H18N6O2/c23-15-13-3-5-18-8-14(13)20-16(21-15)24-12-7-19-22(10-12)9-11-2-1-4-17-6-11/h3,5,7-8,10-11,17H,1-2,4,6,9H2,(H,20,21,23). The summed E-state index contributed by atoms with van der Waals surface area (Å²) in [7, 11) is 0. The topological polar surface area (TPSA) is 98.0 Å². The molecule has 3 aromatic rings. The molecule has 124 valence electrons. The van der Waals surface area contributed by atoms with Crippen LogP contribution in [0.1, 0.15) is 12.8 Å². The monoisotopic (exact) mass is 326 g/mol. The highest BCUT2D eigenvalue weighted by atomic mass is 16.5. The number of rotatable bonds is 4. The van der Waals surface area contributed by atoms with Crippen LogP contribution in [0, 0.1) is 5.92 Å². The highest BCUT2D eigenvalue weighted by Gasteiger charge is 2.15. The van der Waals surface area contributed by atoms with E-state index in [-0.39, 0.29) is 11.9 Å². The lowest BCUT2D eigenvalue weighted by Crippen LogP contribution is -2.32. The molecule has 0 spiro atoms. The third-order valence-electron chi connectivity index (χ3n) is 4.12. The number of ether oxygens (including phenoxy) is 1. The van der Waals surface area contributed by atoms with Crippen molar-refractivity contribution in [1.82, 2.24) is 30.0 Å². The summed E-state index contributed by atoms with van der Waals surface area (Å²) in [6.45, 7) is 2.97. The molecule has 0 amide bonds. The van der Waals surface area contributed by atoms with Crippen molar-refractivity contribution in [3.63, 3.8) is 0 Å². The van der Waals surface area contributed by atoms with Gasteiger partial charge in [-0.25, -0.2) is 0 Å². The molecule has 1 atom stereocenters. The van der Waals surface area contributed by atoms with Crippen molar-refractivity contribution in [2.24, 2.45) is 5.92 Å². The van der Waals surface area contributed by atoms with Crippen molar-refractivity contribution in [1.29, 1.82) is 0 Å². The lowest BCUT2D eigenvalue weighted by molar-refractivity contribution is 0.324. The molecule has 8 heteroatoms. The maximum atomic E-state index is 9.96. The summed E-state index contributed by atoms with van der Waals surface area (Å²) >= 11 is 0. The first-order chi connectivity index (χ1) is 11.8. The maximum Gasteiger partial charge on any atom is 0.326 e. The van der Waals surface area contributed by atoms with Crippen LogP contribution in [-0.4, -0.2) is 42.9 Å². The largest absolute Gasteiger partial charge is 0.493 e. The van der Waals surface area contributed by atoms with Gasteiger partial charge in [-0.1, -0.05) is 0 Å². The van der Waals surface area contributed by atoms with Crippen LogP contribution in [0.5, 0.6) is 17.6 Å². The van der Waals surface area contributed by atoms with Crippen LogP contribution in [0.25, 0.3) is 10.9 Å². The van der Waals surface area contributed by atoms with E-state index in [1.165, 1.54) is 12.8 Å².